The van der Waals surface area contributed by atoms with Crippen LogP contribution in [-0.4, -0.2) is 57.5 Å². The molecule has 0 radical (unpaired) electrons. The summed E-state index contributed by atoms with van der Waals surface area (Å²) in [7, 11) is 1.62. The lowest BCUT2D eigenvalue weighted by molar-refractivity contribution is -0.151. The molecule has 0 aromatic carbocycles. The Morgan fingerprint density at radius 1 is 1.26 bits per heavy atom. The number of rotatable bonds is 7. The second-order valence-electron chi connectivity index (χ2n) is 5.51. The first-order valence-electron chi connectivity index (χ1n) is 6.89. The van der Waals surface area contributed by atoms with E-state index < -0.39 is 12.7 Å². The number of methoxy groups -OCH3 is 1. The Hall–Kier alpha value is -0.330. The number of halogens is 3. The Morgan fingerprint density at radius 2 is 1.89 bits per heavy atom. The Balaban J connectivity index is 2.66. The van der Waals surface area contributed by atoms with Crippen molar-refractivity contribution in [2.45, 2.75) is 32.4 Å². The number of nitrogens with one attached hydrogen (secondary N) is 1. The molecule has 1 saturated heterocycles. The molecular weight excluding hydrogens is 257 g/mol. The standard InChI is InChI=1S/C13H25F3N2O/c1-3-8-18(10-13(14,15)16)9-12(11-19-2)4-6-17-7-5-12/h17H,3-11H2,1-2H3. The SMILES string of the molecule is CCCN(CC(F)(F)F)CC1(COC)CCNCC1. The van der Waals surface area contributed by atoms with Crippen molar-refractivity contribution in [1.29, 1.82) is 0 Å². The van der Waals surface area contributed by atoms with E-state index in [9.17, 15) is 13.2 Å². The Morgan fingerprint density at radius 3 is 2.37 bits per heavy atom. The van der Waals surface area contributed by atoms with Crippen molar-refractivity contribution < 1.29 is 17.9 Å². The second kappa shape index (κ2) is 7.45. The molecule has 0 aliphatic carbocycles. The topological polar surface area (TPSA) is 24.5 Å². The Bertz CT molecular complexity index is 247. The van der Waals surface area contributed by atoms with Gasteiger partial charge in [-0.15, -0.1) is 0 Å². The second-order valence-corrected chi connectivity index (χ2v) is 5.51. The minimum atomic E-state index is -4.13. The highest BCUT2D eigenvalue weighted by molar-refractivity contribution is 4.88. The first-order valence-corrected chi connectivity index (χ1v) is 6.89. The molecule has 6 heteroatoms. The van der Waals surface area contributed by atoms with Crippen LogP contribution in [0.4, 0.5) is 13.2 Å². The fourth-order valence-corrected chi connectivity index (χ4v) is 2.87. The van der Waals surface area contributed by atoms with Gasteiger partial charge in [-0.3, -0.25) is 4.90 Å². The predicted octanol–water partition coefficient (Wildman–Crippen LogP) is 2.28. The van der Waals surface area contributed by atoms with Crippen LogP contribution in [0.2, 0.25) is 0 Å². The zero-order valence-corrected chi connectivity index (χ0v) is 11.9. The third-order valence-corrected chi connectivity index (χ3v) is 3.62. The summed E-state index contributed by atoms with van der Waals surface area (Å²) in [6.07, 6.45) is -1.65. The highest BCUT2D eigenvalue weighted by Gasteiger charge is 2.37. The molecule has 0 bridgehead atoms. The molecule has 1 N–H and O–H groups in total. The lowest BCUT2D eigenvalue weighted by atomic mass is 9.79. The summed E-state index contributed by atoms with van der Waals surface area (Å²) >= 11 is 0. The number of nitrogens with zero attached hydrogens (tertiary/aromatic N) is 1. The lowest BCUT2D eigenvalue weighted by Gasteiger charge is -2.41. The third-order valence-electron chi connectivity index (χ3n) is 3.62. The first kappa shape index (κ1) is 16.7. The van der Waals surface area contributed by atoms with Crippen LogP contribution in [0, 0.1) is 5.41 Å². The maximum atomic E-state index is 12.6. The quantitative estimate of drug-likeness (QED) is 0.775. The van der Waals surface area contributed by atoms with E-state index in [0.29, 0.717) is 19.7 Å². The minimum Gasteiger partial charge on any atom is -0.384 e. The van der Waals surface area contributed by atoms with E-state index >= 15 is 0 Å². The van der Waals surface area contributed by atoms with E-state index in [1.807, 2.05) is 6.92 Å². The van der Waals surface area contributed by atoms with Crippen LogP contribution < -0.4 is 5.32 Å². The van der Waals surface area contributed by atoms with E-state index in [4.69, 9.17) is 4.74 Å². The highest BCUT2D eigenvalue weighted by Crippen LogP contribution is 2.31. The molecule has 1 aliphatic rings. The molecule has 1 heterocycles. The summed E-state index contributed by atoms with van der Waals surface area (Å²) in [5.41, 5.74) is -0.138. The molecule has 0 aromatic rings. The van der Waals surface area contributed by atoms with Crippen LogP contribution >= 0.6 is 0 Å². The van der Waals surface area contributed by atoms with E-state index in [1.165, 1.54) is 4.90 Å². The molecule has 1 aliphatic heterocycles. The summed E-state index contributed by atoms with van der Waals surface area (Å²) in [6.45, 7) is 4.29. The van der Waals surface area contributed by atoms with Crippen LogP contribution in [-0.2, 0) is 4.74 Å². The lowest BCUT2D eigenvalue weighted by Crippen LogP contribution is -2.49. The van der Waals surface area contributed by atoms with Gasteiger partial charge in [-0.2, -0.15) is 13.2 Å². The average Bonchev–Trinajstić information content (AvgIpc) is 2.28. The first-order chi connectivity index (χ1) is 8.91. The van der Waals surface area contributed by atoms with Gasteiger partial charge in [-0.25, -0.2) is 0 Å². The summed E-state index contributed by atoms with van der Waals surface area (Å²) in [6, 6.07) is 0. The number of hydrogen-bond acceptors (Lipinski definition) is 3. The van der Waals surface area contributed by atoms with E-state index in [-0.39, 0.29) is 5.41 Å². The van der Waals surface area contributed by atoms with Gasteiger partial charge in [-0.05, 0) is 38.9 Å². The summed E-state index contributed by atoms with van der Waals surface area (Å²) < 4.78 is 43.1. The van der Waals surface area contributed by atoms with E-state index in [2.05, 4.69) is 5.32 Å². The van der Waals surface area contributed by atoms with Crippen LogP contribution in [0.1, 0.15) is 26.2 Å². The Kier molecular flexibility index (Phi) is 6.56. The normalized spacial score (nSPS) is 19.9. The molecular formula is C13H25F3N2O. The molecule has 3 nitrogen and oxygen atoms in total. The smallest absolute Gasteiger partial charge is 0.384 e. The highest BCUT2D eigenvalue weighted by atomic mass is 19.4. The molecule has 0 saturated carbocycles. The summed E-state index contributed by atoms with van der Waals surface area (Å²) in [4.78, 5) is 1.53. The molecule has 0 amide bonds. The monoisotopic (exact) mass is 282 g/mol. The molecule has 0 spiro atoms. The maximum Gasteiger partial charge on any atom is 0.401 e. The zero-order chi connectivity index (χ0) is 14.4. The molecule has 114 valence electrons. The van der Waals surface area contributed by atoms with Crippen molar-refractivity contribution in [3.63, 3.8) is 0 Å². The number of piperidine rings is 1. The van der Waals surface area contributed by atoms with Crippen molar-refractivity contribution in [3.8, 4) is 0 Å². The third kappa shape index (κ3) is 6.10. The van der Waals surface area contributed by atoms with E-state index in [1.54, 1.807) is 7.11 Å². The number of hydrogen-bond donors (Lipinski definition) is 1. The van der Waals surface area contributed by atoms with Gasteiger partial charge < -0.3 is 10.1 Å². The molecule has 19 heavy (non-hydrogen) atoms. The number of alkyl halides is 3. The van der Waals surface area contributed by atoms with Crippen LogP contribution in [0.5, 0.6) is 0 Å². The van der Waals surface area contributed by atoms with Gasteiger partial charge in [0.25, 0.3) is 0 Å². The van der Waals surface area contributed by atoms with Crippen molar-refractivity contribution in [3.05, 3.63) is 0 Å². The van der Waals surface area contributed by atoms with Gasteiger partial charge in [0, 0.05) is 19.1 Å². The fourth-order valence-electron chi connectivity index (χ4n) is 2.87. The molecule has 1 fully saturated rings. The van der Waals surface area contributed by atoms with Gasteiger partial charge in [0.1, 0.15) is 0 Å². The minimum absolute atomic E-state index is 0.138. The summed E-state index contributed by atoms with van der Waals surface area (Å²) in [5.74, 6) is 0. The molecule has 0 atom stereocenters. The predicted molar refractivity (Wildman–Crippen MR) is 69.2 cm³/mol. The van der Waals surface area contributed by atoms with Gasteiger partial charge in [0.2, 0.25) is 0 Å². The van der Waals surface area contributed by atoms with Gasteiger partial charge in [-0.1, -0.05) is 6.92 Å². The van der Waals surface area contributed by atoms with Crippen LogP contribution in [0.25, 0.3) is 0 Å². The van der Waals surface area contributed by atoms with Gasteiger partial charge in [0.15, 0.2) is 0 Å². The van der Waals surface area contributed by atoms with Crippen molar-refractivity contribution in [2.24, 2.45) is 5.41 Å². The molecule has 0 aromatic heterocycles. The van der Waals surface area contributed by atoms with Crippen LogP contribution in [0.15, 0.2) is 0 Å². The fraction of sp³-hybridized carbons (Fsp3) is 1.00. The molecule has 1 rings (SSSR count). The Labute approximate surface area is 113 Å². The van der Waals surface area contributed by atoms with Crippen molar-refractivity contribution in [2.75, 3.05) is 46.4 Å². The zero-order valence-electron chi connectivity index (χ0n) is 11.9. The van der Waals surface area contributed by atoms with Crippen molar-refractivity contribution >= 4 is 0 Å². The summed E-state index contributed by atoms with van der Waals surface area (Å²) in [5, 5.41) is 3.26. The van der Waals surface area contributed by atoms with Gasteiger partial charge in [0.05, 0.1) is 13.2 Å². The van der Waals surface area contributed by atoms with Crippen molar-refractivity contribution in [1.82, 2.24) is 10.2 Å². The number of ether oxygens (including phenoxy) is 1. The maximum absolute atomic E-state index is 12.6. The van der Waals surface area contributed by atoms with Crippen LogP contribution in [0.3, 0.4) is 0 Å². The van der Waals surface area contributed by atoms with Gasteiger partial charge >= 0.3 is 6.18 Å². The molecule has 0 unspecified atom stereocenters. The van der Waals surface area contributed by atoms with E-state index in [0.717, 1.165) is 32.4 Å². The largest absolute Gasteiger partial charge is 0.401 e. The average molecular weight is 282 g/mol.